The fourth-order valence-electron chi connectivity index (χ4n) is 3.73. The Kier molecular flexibility index (Phi) is 3.52. The number of carbonyl (C=O) groups is 1. The maximum Gasteiger partial charge on any atom is 0.324 e. The van der Waals surface area contributed by atoms with Crippen LogP contribution < -0.4 is 4.90 Å². The van der Waals surface area contributed by atoms with Crippen LogP contribution in [0.1, 0.15) is 30.1 Å². The summed E-state index contributed by atoms with van der Waals surface area (Å²) in [6, 6.07) is 8.33. The number of fused-ring (bicyclic) bond motifs is 1. The van der Waals surface area contributed by atoms with Gasteiger partial charge in [0.15, 0.2) is 0 Å². The first kappa shape index (κ1) is 14.2. The molecule has 0 aliphatic carbocycles. The van der Waals surface area contributed by atoms with Crippen molar-refractivity contribution < 1.29 is 4.79 Å². The molecule has 2 aliphatic heterocycles. The molecule has 1 aromatic heterocycles. The molecule has 6 nitrogen and oxygen atoms in total. The number of benzene rings is 1. The smallest absolute Gasteiger partial charge is 0.324 e. The van der Waals surface area contributed by atoms with E-state index in [0.29, 0.717) is 0 Å². The number of piperidine rings is 1. The van der Waals surface area contributed by atoms with Crippen LogP contribution in [0.25, 0.3) is 0 Å². The summed E-state index contributed by atoms with van der Waals surface area (Å²) >= 11 is 0. The molecule has 3 heterocycles. The molecule has 2 amide bonds. The largest absolute Gasteiger partial charge is 0.324 e. The van der Waals surface area contributed by atoms with Crippen LogP contribution in [0.2, 0.25) is 0 Å². The van der Waals surface area contributed by atoms with Crippen molar-refractivity contribution >= 4 is 11.7 Å². The van der Waals surface area contributed by atoms with E-state index in [1.54, 1.807) is 6.33 Å². The number of likely N-dealkylation sites (tertiary alicyclic amines) is 1. The predicted octanol–water partition coefficient (Wildman–Crippen LogP) is 2.18. The van der Waals surface area contributed by atoms with Gasteiger partial charge in [0.2, 0.25) is 0 Å². The second kappa shape index (κ2) is 5.68. The van der Waals surface area contributed by atoms with Crippen molar-refractivity contribution in [2.24, 2.45) is 7.05 Å². The fraction of sp³-hybridized carbons (Fsp3) is 0.471. The van der Waals surface area contributed by atoms with Crippen LogP contribution in [0.3, 0.4) is 0 Å². The van der Waals surface area contributed by atoms with Crippen LogP contribution in [-0.2, 0) is 13.5 Å². The van der Waals surface area contributed by atoms with E-state index in [0.717, 1.165) is 50.4 Å². The highest BCUT2D eigenvalue weighted by atomic mass is 16.2. The summed E-state index contributed by atoms with van der Waals surface area (Å²) in [7, 11) is 1.97. The number of aromatic nitrogens is 3. The predicted molar refractivity (Wildman–Crippen MR) is 87.4 cm³/mol. The molecule has 0 radical (unpaired) electrons. The van der Waals surface area contributed by atoms with Gasteiger partial charge in [-0.25, -0.2) is 4.79 Å². The van der Waals surface area contributed by atoms with E-state index in [1.807, 2.05) is 39.6 Å². The SMILES string of the molecule is Cn1cnnc1C1CCCN(C(=O)N2CCc3ccccc32)C1. The lowest BCUT2D eigenvalue weighted by Crippen LogP contribution is -2.47. The van der Waals surface area contributed by atoms with Crippen LogP contribution in [0, 0.1) is 0 Å². The summed E-state index contributed by atoms with van der Waals surface area (Å²) in [4.78, 5) is 16.9. The van der Waals surface area contributed by atoms with E-state index in [9.17, 15) is 4.79 Å². The number of nitrogens with zero attached hydrogens (tertiary/aromatic N) is 5. The number of urea groups is 1. The second-order valence-electron chi connectivity index (χ2n) is 6.40. The lowest BCUT2D eigenvalue weighted by atomic mass is 9.97. The zero-order valence-corrected chi connectivity index (χ0v) is 13.4. The molecule has 1 atom stereocenters. The number of aryl methyl sites for hydroxylation is 1. The minimum atomic E-state index is 0.127. The number of rotatable bonds is 1. The van der Waals surface area contributed by atoms with E-state index >= 15 is 0 Å². The molecule has 1 aromatic carbocycles. The molecule has 2 aliphatic rings. The summed E-state index contributed by atoms with van der Waals surface area (Å²) in [6.45, 7) is 2.33. The minimum absolute atomic E-state index is 0.127. The first-order chi connectivity index (χ1) is 11.2. The van der Waals surface area contributed by atoms with E-state index in [2.05, 4.69) is 16.3 Å². The van der Waals surface area contributed by atoms with Gasteiger partial charge in [0, 0.05) is 38.3 Å². The highest BCUT2D eigenvalue weighted by Gasteiger charge is 2.32. The summed E-state index contributed by atoms with van der Waals surface area (Å²) in [5.41, 5.74) is 2.33. The molecule has 0 N–H and O–H groups in total. The Morgan fingerprint density at radius 1 is 1.26 bits per heavy atom. The lowest BCUT2D eigenvalue weighted by Gasteiger charge is -2.35. The molecular formula is C17H21N5O. The molecule has 2 aromatic rings. The van der Waals surface area contributed by atoms with Gasteiger partial charge in [-0.05, 0) is 30.9 Å². The molecule has 0 spiro atoms. The van der Waals surface area contributed by atoms with Crippen molar-refractivity contribution in [1.82, 2.24) is 19.7 Å². The summed E-state index contributed by atoms with van der Waals surface area (Å²) < 4.78 is 1.96. The highest BCUT2D eigenvalue weighted by Crippen LogP contribution is 2.31. The summed E-state index contributed by atoms with van der Waals surface area (Å²) in [5.74, 6) is 1.25. The summed E-state index contributed by atoms with van der Waals surface area (Å²) in [6.07, 6.45) is 4.75. The molecule has 1 saturated heterocycles. The van der Waals surface area contributed by atoms with Crippen molar-refractivity contribution in [2.45, 2.75) is 25.2 Å². The van der Waals surface area contributed by atoms with Gasteiger partial charge in [-0.15, -0.1) is 10.2 Å². The number of carbonyl (C=O) groups excluding carboxylic acids is 1. The average Bonchev–Trinajstić information content (AvgIpc) is 3.20. The van der Waals surface area contributed by atoms with Crippen molar-refractivity contribution in [1.29, 1.82) is 0 Å². The van der Waals surface area contributed by atoms with Crippen molar-refractivity contribution in [3.05, 3.63) is 42.0 Å². The molecule has 4 rings (SSSR count). The Balaban J connectivity index is 1.52. The van der Waals surface area contributed by atoms with Gasteiger partial charge in [0.05, 0.1) is 0 Å². The molecule has 0 saturated carbocycles. The van der Waals surface area contributed by atoms with Crippen LogP contribution in [0.15, 0.2) is 30.6 Å². The molecule has 120 valence electrons. The van der Waals surface area contributed by atoms with Crippen molar-refractivity contribution in [3.8, 4) is 0 Å². The van der Waals surface area contributed by atoms with Crippen LogP contribution in [-0.4, -0.2) is 45.3 Å². The van der Waals surface area contributed by atoms with Crippen LogP contribution in [0.5, 0.6) is 0 Å². The minimum Gasteiger partial charge on any atom is -0.324 e. The van der Waals surface area contributed by atoms with Crippen LogP contribution in [0.4, 0.5) is 10.5 Å². The maximum atomic E-state index is 13.0. The third kappa shape index (κ3) is 2.48. The normalized spacial score (nSPS) is 20.7. The number of anilines is 1. The topological polar surface area (TPSA) is 54.3 Å². The number of hydrogen-bond acceptors (Lipinski definition) is 3. The van der Waals surface area contributed by atoms with Gasteiger partial charge >= 0.3 is 6.03 Å². The van der Waals surface area contributed by atoms with Gasteiger partial charge in [0.25, 0.3) is 0 Å². The number of para-hydroxylation sites is 1. The standard InChI is InChI=1S/C17H21N5O/c1-20-12-18-19-16(20)14-6-4-9-21(11-14)17(23)22-10-8-13-5-2-3-7-15(13)22/h2-3,5,7,12,14H,4,6,8-11H2,1H3. The monoisotopic (exact) mass is 311 g/mol. The van der Waals surface area contributed by atoms with Gasteiger partial charge in [0.1, 0.15) is 12.2 Å². The average molecular weight is 311 g/mol. The number of amides is 2. The van der Waals surface area contributed by atoms with E-state index in [1.165, 1.54) is 5.56 Å². The molecule has 23 heavy (non-hydrogen) atoms. The third-order valence-electron chi connectivity index (χ3n) is 4.92. The van der Waals surface area contributed by atoms with E-state index in [-0.39, 0.29) is 11.9 Å². The Bertz CT molecular complexity index is 725. The Hall–Kier alpha value is -2.37. The Labute approximate surface area is 135 Å². The molecule has 1 fully saturated rings. The molecule has 0 bridgehead atoms. The maximum absolute atomic E-state index is 13.0. The first-order valence-electron chi connectivity index (χ1n) is 8.22. The van der Waals surface area contributed by atoms with E-state index < -0.39 is 0 Å². The zero-order valence-electron chi connectivity index (χ0n) is 13.4. The molecular weight excluding hydrogens is 290 g/mol. The Morgan fingerprint density at radius 2 is 2.13 bits per heavy atom. The molecule has 1 unspecified atom stereocenters. The van der Waals surface area contributed by atoms with E-state index in [4.69, 9.17) is 0 Å². The van der Waals surface area contributed by atoms with Crippen molar-refractivity contribution in [3.63, 3.8) is 0 Å². The fourth-order valence-corrected chi connectivity index (χ4v) is 3.73. The van der Waals surface area contributed by atoms with Crippen LogP contribution >= 0.6 is 0 Å². The molecule has 6 heteroatoms. The van der Waals surface area contributed by atoms with Gasteiger partial charge in [-0.3, -0.25) is 4.90 Å². The lowest BCUT2D eigenvalue weighted by molar-refractivity contribution is 0.184. The highest BCUT2D eigenvalue weighted by molar-refractivity contribution is 5.94. The van der Waals surface area contributed by atoms with Crippen molar-refractivity contribution in [2.75, 3.05) is 24.5 Å². The second-order valence-corrected chi connectivity index (χ2v) is 6.40. The number of hydrogen-bond donors (Lipinski definition) is 0. The first-order valence-corrected chi connectivity index (χ1v) is 8.22. The quantitative estimate of drug-likeness (QED) is 0.811. The Morgan fingerprint density at radius 3 is 2.96 bits per heavy atom. The zero-order chi connectivity index (χ0) is 15.8. The summed E-state index contributed by atoms with van der Waals surface area (Å²) in [5, 5.41) is 8.20. The van der Waals surface area contributed by atoms with Gasteiger partial charge in [-0.1, -0.05) is 18.2 Å². The van der Waals surface area contributed by atoms with Gasteiger partial charge < -0.3 is 9.47 Å². The van der Waals surface area contributed by atoms with Gasteiger partial charge in [-0.2, -0.15) is 0 Å². The third-order valence-corrected chi connectivity index (χ3v) is 4.92.